The van der Waals surface area contributed by atoms with E-state index < -0.39 is 30.6 Å². The smallest absolute Gasteiger partial charge is 0.269 e. The summed E-state index contributed by atoms with van der Waals surface area (Å²) in [6.07, 6.45) is 2.38. The molecule has 0 fully saturated rings. The third kappa shape index (κ3) is 7.90. The second-order valence-corrected chi connectivity index (χ2v) is 9.20. The molecule has 142 valence electrons. The predicted octanol–water partition coefficient (Wildman–Crippen LogP) is 1.59. The van der Waals surface area contributed by atoms with Gasteiger partial charge in [-0.2, -0.15) is 16.8 Å². The van der Waals surface area contributed by atoms with E-state index in [-0.39, 0.29) is 31.7 Å². The number of nitro benzene ring substituents is 1. The zero-order valence-electron chi connectivity index (χ0n) is 14.2. The first-order chi connectivity index (χ1) is 11.3. The van der Waals surface area contributed by atoms with Gasteiger partial charge in [0.2, 0.25) is 0 Å². The van der Waals surface area contributed by atoms with Crippen molar-refractivity contribution in [2.75, 3.05) is 25.7 Å². The summed E-state index contributed by atoms with van der Waals surface area (Å²) >= 11 is 0. The predicted molar refractivity (Wildman–Crippen MR) is 91.3 cm³/mol. The molecule has 0 saturated carbocycles. The van der Waals surface area contributed by atoms with Gasteiger partial charge in [0.25, 0.3) is 25.9 Å². The highest BCUT2D eigenvalue weighted by molar-refractivity contribution is 7.86. The van der Waals surface area contributed by atoms with Crippen LogP contribution in [0.25, 0.3) is 0 Å². The molecule has 0 bridgehead atoms. The van der Waals surface area contributed by atoms with Gasteiger partial charge in [0.1, 0.15) is 0 Å². The monoisotopic (exact) mass is 395 g/mol. The van der Waals surface area contributed by atoms with Crippen molar-refractivity contribution in [1.29, 1.82) is 0 Å². The zero-order valence-corrected chi connectivity index (χ0v) is 15.8. The summed E-state index contributed by atoms with van der Waals surface area (Å²) in [5.41, 5.74) is -0.0806. The SMILES string of the molecule is CC(CCOS(C)(=O)=O)(CCOS(C)(=O)=O)c1ccc([N+](=O)[O-])cc1. The van der Waals surface area contributed by atoms with Crippen LogP contribution >= 0.6 is 0 Å². The number of hydrogen-bond acceptors (Lipinski definition) is 8. The van der Waals surface area contributed by atoms with E-state index in [1.54, 1.807) is 19.1 Å². The van der Waals surface area contributed by atoms with Gasteiger partial charge in [-0.3, -0.25) is 18.5 Å². The van der Waals surface area contributed by atoms with Crippen molar-refractivity contribution in [1.82, 2.24) is 0 Å². The molecule has 0 atom stereocenters. The first-order valence-corrected chi connectivity index (χ1v) is 10.9. The zero-order chi connectivity index (χ0) is 19.3. The van der Waals surface area contributed by atoms with Gasteiger partial charge < -0.3 is 0 Å². The molecule has 25 heavy (non-hydrogen) atoms. The summed E-state index contributed by atoms with van der Waals surface area (Å²) in [7, 11) is -7.21. The van der Waals surface area contributed by atoms with E-state index in [4.69, 9.17) is 8.37 Å². The number of rotatable bonds is 10. The molecule has 0 radical (unpaired) electrons. The van der Waals surface area contributed by atoms with Crippen LogP contribution in [0.4, 0.5) is 5.69 Å². The van der Waals surface area contributed by atoms with E-state index in [2.05, 4.69) is 0 Å². The van der Waals surface area contributed by atoms with Gasteiger partial charge in [0.15, 0.2) is 0 Å². The fraction of sp³-hybridized carbons (Fsp3) is 0.571. The van der Waals surface area contributed by atoms with Crippen molar-refractivity contribution < 1.29 is 30.1 Å². The average molecular weight is 395 g/mol. The summed E-state index contributed by atoms with van der Waals surface area (Å²) in [4.78, 5) is 10.2. The minimum absolute atomic E-state index is 0.0779. The normalized spacial score (nSPS) is 12.9. The molecule has 0 spiro atoms. The second kappa shape index (κ2) is 8.21. The Bertz CT molecular complexity index is 762. The van der Waals surface area contributed by atoms with Crippen LogP contribution in [0.1, 0.15) is 25.3 Å². The van der Waals surface area contributed by atoms with Gasteiger partial charge in [-0.15, -0.1) is 0 Å². The van der Waals surface area contributed by atoms with Crippen LogP contribution in [0.5, 0.6) is 0 Å². The molecule has 9 nitrogen and oxygen atoms in total. The number of benzene rings is 1. The first kappa shape index (κ1) is 21.5. The maximum atomic E-state index is 11.1. The minimum Gasteiger partial charge on any atom is -0.270 e. The number of nitrogens with zero attached hydrogens (tertiary/aromatic N) is 1. The fourth-order valence-electron chi connectivity index (χ4n) is 2.24. The van der Waals surface area contributed by atoms with Crippen LogP contribution in [0.2, 0.25) is 0 Å². The molecule has 0 saturated heterocycles. The lowest BCUT2D eigenvalue weighted by Crippen LogP contribution is -2.27. The number of hydrogen-bond donors (Lipinski definition) is 0. The molecule has 1 aromatic carbocycles. The van der Waals surface area contributed by atoms with E-state index in [9.17, 15) is 26.9 Å². The van der Waals surface area contributed by atoms with E-state index in [0.29, 0.717) is 5.56 Å². The van der Waals surface area contributed by atoms with Crippen LogP contribution in [-0.2, 0) is 34.0 Å². The maximum absolute atomic E-state index is 11.1. The van der Waals surface area contributed by atoms with E-state index in [1.165, 1.54) is 12.1 Å². The van der Waals surface area contributed by atoms with Crippen molar-refractivity contribution in [3.63, 3.8) is 0 Å². The first-order valence-electron chi connectivity index (χ1n) is 7.26. The van der Waals surface area contributed by atoms with Crippen LogP contribution < -0.4 is 0 Å². The average Bonchev–Trinajstić information content (AvgIpc) is 2.44. The van der Waals surface area contributed by atoms with E-state index in [1.807, 2.05) is 0 Å². The molecule has 0 aromatic heterocycles. The quantitative estimate of drug-likeness (QED) is 0.332. The molecule has 0 N–H and O–H groups in total. The standard InChI is InChI=1S/C14H21NO8S2/c1-14(8-10-22-24(2,18)19,9-11-23-25(3,20)21)12-4-6-13(7-5-12)15(16)17/h4-7H,8-11H2,1-3H3. The third-order valence-corrected chi connectivity index (χ3v) is 4.87. The van der Waals surface area contributed by atoms with Crippen LogP contribution in [0, 0.1) is 10.1 Å². The Kier molecular flexibility index (Phi) is 7.06. The molecule has 0 heterocycles. The summed E-state index contributed by atoms with van der Waals surface area (Å²) in [6.45, 7) is 1.57. The number of non-ortho nitro benzene ring substituents is 1. The lowest BCUT2D eigenvalue weighted by atomic mass is 9.77. The van der Waals surface area contributed by atoms with Crippen LogP contribution in [-0.4, -0.2) is 47.5 Å². The molecule has 11 heteroatoms. The molecule has 1 aromatic rings. The van der Waals surface area contributed by atoms with Gasteiger partial charge >= 0.3 is 0 Å². The lowest BCUT2D eigenvalue weighted by Gasteiger charge is -2.30. The number of nitro groups is 1. The Hall–Kier alpha value is -1.56. The van der Waals surface area contributed by atoms with Gasteiger partial charge in [-0.1, -0.05) is 19.1 Å². The topological polar surface area (TPSA) is 130 Å². The minimum atomic E-state index is -3.61. The van der Waals surface area contributed by atoms with Crippen molar-refractivity contribution in [3.05, 3.63) is 39.9 Å². The summed E-state index contributed by atoms with van der Waals surface area (Å²) < 4.78 is 54.0. The Labute approximate surface area is 147 Å². The molecule has 1 rings (SSSR count). The van der Waals surface area contributed by atoms with Crippen molar-refractivity contribution in [2.45, 2.75) is 25.2 Å². The van der Waals surface area contributed by atoms with E-state index >= 15 is 0 Å². The highest BCUT2D eigenvalue weighted by atomic mass is 32.2. The second-order valence-electron chi connectivity index (χ2n) is 5.92. The van der Waals surface area contributed by atoms with Gasteiger partial charge in [0.05, 0.1) is 30.6 Å². The molecule has 0 aliphatic carbocycles. The van der Waals surface area contributed by atoms with Crippen molar-refractivity contribution in [2.24, 2.45) is 0 Å². The third-order valence-electron chi connectivity index (χ3n) is 3.68. The fourth-order valence-corrected chi connectivity index (χ4v) is 3.01. The van der Waals surface area contributed by atoms with Gasteiger partial charge in [-0.05, 0) is 23.8 Å². The summed E-state index contributed by atoms with van der Waals surface area (Å²) in [5.74, 6) is 0. The molecule has 0 amide bonds. The van der Waals surface area contributed by atoms with Crippen LogP contribution in [0.15, 0.2) is 24.3 Å². The van der Waals surface area contributed by atoms with Gasteiger partial charge in [-0.25, -0.2) is 0 Å². The largest absolute Gasteiger partial charge is 0.270 e. The maximum Gasteiger partial charge on any atom is 0.269 e. The van der Waals surface area contributed by atoms with Crippen molar-refractivity contribution >= 4 is 25.9 Å². The Morgan fingerprint density at radius 3 is 1.68 bits per heavy atom. The Balaban J connectivity index is 2.97. The van der Waals surface area contributed by atoms with Crippen LogP contribution in [0.3, 0.4) is 0 Å². The highest BCUT2D eigenvalue weighted by Gasteiger charge is 2.28. The molecular formula is C14H21NO8S2. The van der Waals surface area contributed by atoms with Crippen molar-refractivity contribution in [3.8, 4) is 0 Å². The Morgan fingerprint density at radius 1 is 0.960 bits per heavy atom. The van der Waals surface area contributed by atoms with E-state index in [0.717, 1.165) is 12.5 Å². The molecule has 0 aliphatic heterocycles. The Morgan fingerprint density at radius 2 is 1.36 bits per heavy atom. The molecular weight excluding hydrogens is 374 g/mol. The molecule has 0 unspecified atom stereocenters. The summed E-state index contributed by atoms with van der Waals surface area (Å²) in [5, 5.41) is 10.8. The summed E-state index contributed by atoms with van der Waals surface area (Å²) in [6, 6.07) is 5.78. The van der Waals surface area contributed by atoms with Gasteiger partial charge in [0, 0.05) is 12.1 Å². The lowest BCUT2D eigenvalue weighted by molar-refractivity contribution is -0.384. The highest BCUT2D eigenvalue weighted by Crippen LogP contribution is 2.33. The molecule has 0 aliphatic rings.